The third-order valence-corrected chi connectivity index (χ3v) is 4.04. The van der Waals surface area contributed by atoms with Gasteiger partial charge < -0.3 is 19.5 Å². The van der Waals surface area contributed by atoms with Crippen LogP contribution in [-0.2, 0) is 9.47 Å². The van der Waals surface area contributed by atoms with Gasteiger partial charge in [0.15, 0.2) is 0 Å². The van der Waals surface area contributed by atoms with Crippen molar-refractivity contribution in [2.75, 3.05) is 53.0 Å². The maximum atomic E-state index is 12.7. The first-order valence-electron chi connectivity index (χ1n) is 8.45. The van der Waals surface area contributed by atoms with Gasteiger partial charge in [0, 0.05) is 45.4 Å². The third-order valence-electron chi connectivity index (χ3n) is 4.04. The predicted octanol–water partition coefficient (Wildman–Crippen LogP) is 0.857. The van der Waals surface area contributed by atoms with Crippen LogP contribution in [0.1, 0.15) is 17.3 Å². The Hall–Kier alpha value is -1.47. The van der Waals surface area contributed by atoms with Gasteiger partial charge in [-0.3, -0.25) is 9.69 Å². The summed E-state index contributed by atoms with van der Waals surface area (Å²) in [6.45, 7) is 6.10. The van der Waals surface area contributed by atoms with Crippen molar-refractivity contribution in [2.24, 2.45) is 0 Å². The van der Waals surface area contributed by atoms with Crippen molar-refractivity contribution in [3.63, 3.8) is 0 Å². The number of carbonyl (C=O) groups excluding carboxylic acids is 1. The number of methoxy groups -OCH3 is 1. The summed E-state index contributed by atoms with van der Waals surface area (Å²) in [5.74, 6) is -0.0103. The summed E-state index contributed by atoms with van der Waals surface area (Å²) in [6.07, 6.45) is -0.415. The first kappa shape index (κ1) is 18.9. The Labute approximate surface area is 144 Å². The van der Waals surface area contributed by atoms with Crippen molar-refractivity contribution in [3.05, 3.63) is 35.9 Å². The summed E-state index contributed by atoms with van der Waals surface area (Å²) in [4.78, 5) is 16.7. The number of nitrogens with zero attached hydrogens (tertiary/aromatic N) is 2. The molecule has 1 N–H and O–H groups in total. The van der Waals surface area contributed by atoms with E-state index in [0.717, 1.165) is 13.1 Å². The van der Waals surface area contributed by atoms with E-state index in [1.807, 2.05) is 30.3 Å². The molecule has 1 aliphatic heterocycles. The molecule has 0 aliphatic carbocycles. The Morgan fingerprint density at radius 2 is 2.21 bits per heavy atom. The molecule has 1 aliphatic rings. The lowest BCUT2D eigenvalue weighted by Crippen LogP contribution is -2.50. The largest absolute Gasteiger partial charge is 0.392 e. The molecule has 0 spiro atoms. The minimum Gasteiger partial charge on any atom is -0.392 e. The molecular formula is C18H28N2O4. The molecule has 0 bridgehead atoms. The van der Waals surface area contributed by atoms with Gasteiger partial charge in [0.1, 0.15) is 0 Å². The Bertz CT molecular complexity index is 495. The van der Waals surface area contributed by atoms with Gasteiger partial charge in [-0.1, -0.05) is 18.2 Å². The lowest BCUT2D eigenvalue weighted by molar-refractivity contribution is -0.0503. The standard InChI is InChI=1S/C18H28N2O4/c1-15(21)12-19-8-11-24-17(13-19)14-20(9-10-23-2)18(22)16-6-4-3-5-7-16/h3-7,15,17,21H,8-14H2,1-2H3. The molecule has 1 saturated heterocycles. The Morgan fingerprint density at radius 1 is 1.46 bits per heavy atom. The normalized spacial score (nSPS) is 19.9. The fourth-order valence-corrected chi connectivity index (χ4v) is 2.92. The summed E-state index contributed by atoms with van der Waals surface area (Å²) in [5.41, 5.74) is 0.672. The van der Waals surface area contributed by atoms with Crippen molar-refractivity contribution in [1.82, 2.24) is 9.80 Å². The van der Waals surface area contributed by atoms with Crippen molar-refractivity contribution in [1.29, 1.82) is 0 Å². The zero-order chi connectivity index (χ0) is 17.4. The van der Waals surface area contributed by atoms with Crippen LogP contribution in [0.2, 0.25) is 0 Å². The fourth-order valence-electron chi connectivity index (χ4n) is 2.92. The Morgan fingerprint density at radius 3 is 2.88 bits per heavy atom. The van der Waals surface area contributed by atoms with Crippen molar-refractivity contribution in [3.8, 4) is 0 Å². The molecule has 0 aromatic heterocycles. The van der Waals surface area contributed by atoms with Gasteiger partial charge in [-0.05, 0) is 19.1 Å². The van der Waals surface area contributed by atoms with E-state index in [-0.39, 0.29) is 18.1 Å². The second kappa shape index (κ2) is 9.74. The van der Waals surface area contributed by atoms with Crippen molar-refractivity contribution >= 4 is 5.91 Å². The number of benzene rings is 1. The molecule has 1 aromatic carbocycles. The van der Waals surface area contributed by atoms with Gasteiger partial charge in [0.25, 0.3) is 5.91 Å². The summed E-state index contributed by atoms with van der Waals surface area (Å²) < 4.78 is 11.0. The number of β-amino-alcohol motifs (C(OH)–C–C–N with tert-alkyl or cyclic N) is 1. The molecule has 1 heterocycles. The topological polar surface area (TPSA) is 62.2 Å². The van der Waals surface area contributed by atoms with Gasteiger partial charge in [0.2, 0.25) is 0 Å². The van der Waals surface area contributed by atoms with Crippen LogP contribution in [0.15, 0.2) is 30.3 Å². The van der Waals surface area contributed by atoms with Crippen LogP contribution in [0.5, 0.6) is 0 Å². The van der Waals surface area contributed by atoms with E-state index >= 15 is 0 Å². The van der Waals surface area contributed by atoms with Gasteiger partial charge in [0.05, 0.1) is 25.4 Å². The molecule has 0 saturated carbocycles. The molecule has 0 radical (unpaired) electrons. The summed E-state index contributed by atoms with van der Waals surface area (Å²) in [7, 11) is 1.63. The molecule has 6 nitrogen and oxygen atoms in total. The molecule has 1 fully saturated rings. The first-order valence-corrected chi connectivity index (χ1v) is 8.45. The van der Waals surface area contributed by atoms with E-state index in [1.54, 1.807) is 18.9 Å². The van der Waals surface area contributed by atoms with Crippen LogP contribution in [0.25, 0.3) is 0 Å². The summed E-state index contributed by atoms with van der Waals surface area (Å²) in [5, 5.41) is 9.56. The average molecular weight is 336 g/mol. The molecule has 24 heavy (non-hydrogen) atoms. The number of morpholine rings is 1. The van der Waals surface area contributed by atoms with Gasteiger partial charge in [-0.25, -0.2) is 0 Å². The highest BCUT2D eigenvalue weighted by atomic mass is 16.5. The van der Waals surface area contributed by atoms with Gasteiger partial charge >= 0.3 is 0 Å². The van der Waals surface area contributed by atoms with Crippen LogP contribution >= 0.6 is 0 Å². The quantitative estimate of drug-likeness (QED) is 0.763. The van der Waals surface area contributed by atoms with E-state index in [2.05, 4.69) is 4.90 Å². The van der Waals surface area contributed by atoms with E-state index in [1.165, 1.54) is 0 Å². The Balaban J connectivity index is 1.98. The minimum atomic E-state index is -0.362. The molecule has 2 rings (SSSR count). The van der Waals surface area contributed by atoms with Crippen molar-refractivity contribution < 1.29 is 19.4 Å². The zero-order valence-corrected chi connectivity index (χ0v) is 14.6. The maximum Gasteiger partial charge on any atom is 0.254 e. The number of ether oxygens (including phenoxy) is 2. The number of aliphatic hydroxyl groups excluding tert-OH is 1. The lowest BCUT2D eigenvalue weighted by Gasteiger charge is -2.36. The van der Waals surface area contributed by atoms with Crippen LogP contribution in [0.3, 0.4) is 0 Å². The summed E-state index contributed by atoms with van der Waals surface area (Å²) >= 11 is 0. The van der Waals surface area contributed by atoms with E-state index in [4.69, 9.17) is 9.47 Å². The number of hydrogen-bond donors (Lipinski definition) is 1. The van der Waals surface area contributed by atoms with Crippen LogP contribution in [0, 0.1) is 0 Å². The molecule has 1 aromatic rings. The minimum absolute atomic E-state index is 0.0103. The monoisotopic (exact) mass is 336 g/mol. The average Bonchev–Trinajstić information content (AvgIpc) is 2.58. The highest BCUT2D eigenvalue weighted by Gasteiger charge is 2.25. The molecule has 6 heteroatoms. The smallest absolute Gasteiger partial charge is 0.254 e. The molecule has 1 amide bonds. The molecule has 2 unspecified atom stereocenters. The van der Waals surface area contributed by atoms with Crippen LogP contribution in [0.4, 0.5) is 0 Å². The van der Waals surface area contributed by atoms with E-state index in [0.29, 0.717) is 38.4 Å². The van der Waals surface area contributed by atoms with Gasteiger partial charge in [-0.2, -0.15) is 0 Å². The van der Waals surface area contributed by atoms with Crippen molar-refractivity contribution in [2.45, 2.75) is 19.1 Å². The lowest BCUT2D eigenvalue weighted by atomic mass is 10.1. The first-order chi connectivity index (χ1) is 11.6. The van der Waals surface area contributed by atoms with Gasteiger partial charge in [-0.15, -0.1) is 0 Å². The second-order valence-electron chi connectivity index (χ2n) is 6.21. The Kier molecular flexibility index (Phi) is 7.65. The summed E-state index contributed by atoms with van der Waals surface area (Å²) in [6, 6.07) is 9.27. The molecule has 134 valence electrons. The zero-order valence-electron chi connectivity index (χ0n) is 14.6. The maximum absolute atomic E-state index is 12.7. The number of amides is 1. The number of rotatable bonds is 8. The third kappa shape index (κ3) is 5.87. The van der Waals surface area contributed by atoms with E-state index in [9.17, 15) is 9.90 Å². The highest BCUT2D eigenvalue weighted by Crippen LogP contribution is 2.11. The SMILES string of the molecule is COCCN(CC1CN(CC(C)O)CCO1)C(=O)c1ccccc1. The number of aliphatic hydroxyl groups is 1. The van der Waals surface area contributed by atoms with Crippen LogP contribution < -0.4 is 0 Å². The second-order valence-corrected chi connectivity index (χ2v) is 6.21. The highest BCUT2D eigenvalue weighted by molar-refractivity contribution is 5.94. The fraction of sp³-hybridized carbons (Fsp3) is 0.611. The molecular weight excluding hydrogens is 308 g/mol. The molecule has 2 atom stereocenters. The number of hydrogen-bond acceptors (Lipinski definition) is 5. The number of carbonyl (C=O) groups is 1. The van der Waals surface area contributed by atoms with E-state index < -0.39 is 0 Å². The predicted molar refractivity (Wildman–Crippen MR) is 92.1 cm³/mol. The van der Waals surface area contributed by atoms with Crippen LogP contribution in [-0.4, -0.2) is 86.1 Å².